The van der Waals surface area contributed by atoms with Gasteiger partial charge in [0.15, 0.2) is 0 Å². The molecule has 8 heteroatoms. The number of nitrogens with zero attached hydrogens (tertiary/aromatic N) is 2. The van der Waals surface area contributed by atoms with Gasteiger partial charge in [-0.25, -0.2) is 13.1 Å². The molecule has 6 nitrogen and oxygen atoms in total. The summed E-state index contributed by atoms with van der Waals surface area (Å²) in [6.07, 6.45) is 4.54. The van der Waals surface area contributed by atoms with Gasteiger partial charge in [0.1, 0.15) is 5.69 Å². The predicted octanol–water partition coefficient (Wildman–Crippen LogP) is 2.24. The van der Waals surface area contributed by atoms with Crippen LogP contribution in [0, 0.1) is 3.57 Å². The quantitative estimate of drug-likeness (QED) is 0.693. The standard InChI is InChI=1S/C17H20IN3O3S/c1-25(23,24)19-14-6-3-9-20(12-14)17(22)16-8-4-10-21(16)15-7-2-5-13(18)11-15/h2,4-5,7-8,10-11,14,19H,3,6,9,12H2,1H3. The van der Waals surface area contributed by atoms with Gasteiger partial charge in [0, 0.05) is 34.6 Å². The van der Waals surface area contributed by atoms with Crippen LogP contribution in [0.15, 0.2) is 42.6 Å². The lowest BCUT2D eigenvalue weighted by molar-refractivity contribution is 0.0695. The van der Waals surface area contributed by atoms with E-state index in [1.54, 1.807) is 11.0 Å². The van der Waals surface area contributed by atoms with Crippen molar-refractivity contribution in [2.75, 3.05) is 19.3 Å². The fourth-order valence-corrected chi connectivity index (χ4v) is 4.45. The van der Waals surface area contributed by atoms with Crippen LogP contribution in [-0.2, 0) is 10.0 Å². The summed E-state index contributed by atoms with van der Waals surface area (Å²) in [4.78, 5) is 14.7. The van der Waals surface area contributed by atoms with Crippen LogP contribution in [0.4, 0.5) is 0 Å². The van der Waals surface area contributed by atoms with Crippen molar-refractivity contribution < 1.29 is 13.2 Å². The van der Waals surface area contributed by atoms with Gasteiger partial charge in [0.2, 0.25) is 10.0 Å². The van der Waals surface area contributed by atoms with Crippen molar-refractivity contribution in [2.24, 2.45) is 0 Å². The summed E-state index contributed by atoms with van der Waals surface area (Å²) in [6, 6.07) is 11.4. The molecule has 0 bridgehead atoms. The number of amides is 1. The Kier molecular flexibility index (Phi) is 5.49. The van der Waals surface area contributed by atoms with Gasteiger partial charge in [-0.05, 0) is 65.8 Å². The highest BCUT2D eigenvalue weighted by atomic mass is 127. The molecule has 1 unspecified atom stereocenters. The molecule has 1 fully saturated rings. The molecule has 2 heterocycles. The van der Waals surface area contributed by atoms with E-state index in [1.807, 2.05) is 41.1 Å². The Morgan fingerprint density at radius 3 is 2.80 bits per heavy atom. The number of benzene rings is 1. The topological polar surface area (TPSA) is 71.4 Å². The average molecular weight is 473 g/mol. The number of likely N-dealkylation sites (tertiary alicyclic amines) is 1. The van der Waals surface area contributed by atoms with Gasteiger partial charge in [-0.15, -0.1) is 0 Å². The Morgan fingerprint density at radius 1 is 1.28 bits per heavy atom. The average Bonchev–Trinajstić information content (AvgIpc) is 3.02. The van der Waals surface area contributed by atoms with E-state index in [9.17, 15) is 13.2 Å². The Morgan fingerprint density at radius 2 is 2.08 bits per heavy atom. The molecule has 0 aliphatic carbocycles. The largest absolute Gasteiger partial charge is 0.336 e. The second-order valence-corrected chi connectivity index (χ2v) is 9.25. The van der Waals surface area contributed by atoms with E-state index in [0.29, 0.717) is 18.8 Å². The first-order valence-corrected chi connectivity index (χ1v) is 11.0. The van der Waals surface area contributed by atoms with Crippen LogP contribution in [0.25, 0.3) is 5.69 Å². The number of sulfonamides is 1. The van der Waals surface area contributed by atoms with Gasteiger partial charge >= 0.3 is 0 Å². The molecule has 134 valence electrons. The molecule has 1 amide bonds. The molecule has 1 saturated heterocycles. The fourth-order valence-electron chi connectivity index (χ4n) is 3.13. The molecule has 1 aliphatic rings. The predicted molar refractivity (Wildman–Crippen MR) is 105 cm³/mol. The summed E-state index contributed by atoms with van der Waals surface area (Å²) in [7, 11) is -3.28. The molecule has 1 N–H and O–H groups in total. The molecule has 1 aromatic carbocycles. The third kappa shape index (κ3) is 4.62. The first-order chi connectivity index (χ1) is 11.8. The lowest BCUT2D eigenvalue weighted by Gasteiger charge is -2.33. The van der Waals surface area contributed by atoms with E-state index < -0.39 is 10.0 Å². The molecule has 0 saturated carbocycles. The minimum Gasteiger partial charge on any atom is -0.336 e. The third-order valence-corrected chi connectivity index (χ3v) is 5.58. The molecular formula is C17H20IN3O3S. The Labute approximate surface area is 161 Å². The second-order valence-electron chi connectivity index (χ2n) is 6.22. The number of hydrogen-bond donors (Lipinski definition) is 1. The lowest BCUT2D eigenvalue weighted by Crippen LogP contribution is -2.49. The van der Waals surface area contributed by atoms with E-state index >= 15 is 0 Å². The highest BCUT2D eigenvalue weighted by Gasteiger charge is 2.27. The van der Waals surface area contributed by atoms with E-state index in [-0.39, 0.29) is 11.9 Å². The number of hydrogen-bond acceptors (Lipinski definition) is 3. The van der Waals surface area contributed by atoms with Crippen molar-refractivity contribution in [3.05, 3.63) is 51.9 Å². The summed E-state index contributed by atoms with van der Waals surface area (Å²) in [5.41, 5.74) is 1.52. The van der Waals surface area contributed by atoms with Gasteiger partial charge in [-0.1, -0.05) is 6.07 Å². The highest BCUT2D eigenvalue weighted by molar-refractivity contribution is 14.1. The van der Waals surface area contributed by atoms with Crippen molar-refractivity contribution in [1.29, 1.82) is 0 Å². The zero-order chi connectivity index (χ0) is 18.0. The number of halogens is 1. The summed E-state index contributed by atoms with van der Waals surface area (Å²) >= 11 is 2.24. The number of piperidine rings is 1. The van der Waals surface area contributed by atoms with Gasteiger partial charge < -0.3 is 9.47 Å². The van der Waals surface area contributed by atoms with Crippen LogP contribution in [0.5, 0.6) is 0 Å². The SMILES string of the molecule is CS(=O)(=O)NC1CCCN(C(=O)c2cccn2-c2cccc(I)c2)C1. The van der Waals surface area contributed by atoms with Crippen molar-refractivity contribution in [3.63, 3.8) is 0 Å². The molecular weight excluding hydrogens is 453 g/mol. The number of carbonyl (C=O) groups excluding carboxylic acids is 1. The van der Waals surface area contributed by atoms with E-state index in [4.69, 9.17) is 0 Å². The zero-order valence-electron chi connectivity index (χ0n) is 13.9. The van der Waals surface area contributed by atoms with Crippen molar-refractivity contribution in [2.45, 2.75) is 18.9 Å². The molecule has 1 atom stereocenters. The maximum Gasteiger partial charge on any atom is 0.270 e. The lowest BCUT2D eigenvalue weighted by atomic mass is 10.1. The molecule has 0 radical (unpaired) electrons. The van der Waals surface area contributed by atoms with Crippen LogP contribution in [0.3, 0.4) is 0 Å². The number of carbonyl (C=O) groups is 1. The van der Waals surface area contributed by atoms with Crippen molar-refractivity contribution >= 4 is 38.5 Å². The summed E-state index contributed by atoms with van der Waals surface area (Å²) in [5, 5.41) is 0. The first-order valence-electron chi connectivity index (χ1n) is 8.03. The van der Waals surface area contributed by atoms with Crippen LogP contribution >= 0.6 is 22.6 Å². The summed E-state index contributed by atoms with van der Waals surface area (Å²) in [5.74, 6) is -0.0798. The molecule has 3 rings (SSSR count). The molecule has 1 aromatic heterocycles. The van der Waals surface area contributed by atoms with Crippen molar-refractivity contribution in [1.82, 2.24) is 14.2 Å². The normalized spacial score (nSPS) is 18.3. The summed E-state index contributed by atoms with van der Waals surface area (Å²) < 4.78 is 28.5. The summed E-state index contributed by atoms with van der Waals surface area (Å²) in [6.45, 7) is 1.03. The van der Waals surface area contributed by atoms with Crippen LogP contribution in [0.1, 0.15) is 23.3 Å². The van der Waals surface area contributed by atoms with Gasteiger partial charge in [0.25, 0.3) is 5.91 Å². The fraction of sp³-hybridized carbons (Fsp3) is 0.353. The number of rotatable bonds is 4. The Hall–Kier alpha value is -1.39. The maximum atomic E-state index is 13.0. The highest BCUT2D eigenvalue weighted by Crippen LogP contribution is 2.19. The van der Waals surface area contributed by atoms with Gasteiger partial charge in [-0.2, -0.15) is 0 Å². The van der Waals surface area contributed by atoms with E-state index in [1.165, 1.54) is 0 Å². The second kappa shape index (κ2) is 7.46. The van der Waals surface area contributed by atoms with Crippen LogP contribution < -0.4 is 4.72 Å². The zero-order valence-corrected chi connectivity index (χ0v) is 16.8. The minimum atomic E-state index is -3.28. The monoisotopic (exact) mass is 473 g/mol. The van der Waals surface area contributed by atoms with Gasteiger partial charge in [-0.3, -0.25) is 4.79 Å². The third-order valence-electron chi connectivity index (χ3n) is 4.14. The van der Waals surface area contributed by atoms with Gasteiger partial charge in [0.05, 0.1) is 6.26 Å². The molecule has 1 aliphatic heterocycles. The molecule has 2 aromatic rings. The Bertz CT molecular complexity index is 879. The molecule has 25 heavy (non-hydrogen) atoms. The number of aromatic nitrogens is 1. The Balaban J connectivity index is 1.81. The van der Waals surface area contributed by atoms with Crippen molar-refractivity contribution in [3.8, 4) is 5.69 Å². The first kappa shape index (κ1) is 18.4. The van der Waals surface area contributed by atoms with Crippen LogP contribution in [-0.4, -0.2) is 49.2 Å². The smallest absolute Gasteiger partial charge is 0.270 e. The maximum absolute atomic E-state index is 13.0. The van der Waals surface area contributed by atoms with E-state index in [2.05, 4.69) is 27.3 Å². The van der Waals surface area contributed by atoms with Crippen LogP contribution in [0.2, 0.25) is 0 Å². The minimum absolute atomic E-state index is 0.0798. The molecule has 0 spiro atoms. The van der Waals surface area contributed by atoms with E-state index in [0.717, 1.165) is 28.4 Å². The number of nitrogens with one attached hydrogen (secondary N) is 1.